The van der Waals surface area contributed by atoms with Gasteiger partial charge in [-0.2, -0.15) is 0 Å². The lowest BCUT2D eigenvalue weighted by molar-refractivity contribution is -0.121. The van der Waals surface area contributed by atoms with Gasteiger partial charge in [-0.15, -0.1) is 0 Å². The maximum absolute atomic E-state index is 12.8. The van der Waals surface area contributed by atoms with Crippen molar-refractivity contribution in [3.05, 3.63) is 64.7 Å². The van der Waals surface area contributed by atoms with E-state index in [-0.39, 0.29) is 17.4 Å². The monoisotopic (exact) mass is 402 g/mol. The molecule has 150 valence electrons. The van der Waals surface area contributed by atoms with Gasteiger partial charge in [-0.25, -0.2) is 0 Å². The first-order chi connectivity index (χ1) is 13.5. The Labute approximate surface area is 171 Å². The minimum absolute atomic E-state index is 0.00585. The maximum Gasteiger partial charge on any atom is 0.251 e. The number of hydrogen-bond donors (Lipinski definition) is 3. The van der Waals surface area contributed by atoms with Gasteiger partial charge in [0.25, 0.3) is 5.91 Å². The van der Waals surface area contributed by atoms with Crippen LogP contribution in [0, 0.1) is 0 Å². The second kappa shape index (κ2) is 11.5. The van der Waals surface area contributed by atoms with Crippen LogP contribution in [0.1, 0.15) is 42.1 Å². The molecule has 1 amide bonds. The summed E-state index contributed by atoms with van der Waals surface area (Å²) in [5, 5.41) is 16.1. The van der Waals surface area contributed by atoms with Gasteiger partial charge < -0.3 is 15.7 Å². The number of nitrogens with one attached hydrogen (secondary N) is 2. The van der Waals surface area contributed by atoms with Crippen LogP contribution in [0.2, 0.25) is 5.02 Å². The third-order valence-corrected chi connectivity index (χ3v) is 4.63. The Morgan fingerprint density at radius 2 is 1.71 bits per heavy atom. The van der Waals surface area contributed by atoms with Crippen LogP contribution >= 0.6 is 11.6 Å². The van der Waals surface area contributed by atoms with Crippen LogP contribution in [-0.4, -0.2) is 35.9 Å². The number of ketones is 1. The molecule has 0 radical (unpaired) electrons. The van der Waals surface area contributed by atoms with Crippen LogP contribution in [0.25, 0.3) is 0 Å². The average Bonchev–Trinajstić information content (AvgIpc) is 2.69. The Hall–Kier alpha value is -2.37. The molecule has 0 aliphatic heterocycles. The fourth-order valence-corrected chi connectivity index (χ4v) is 2.95. The van der Waals surface area contributed by atoms with E-state index in [1.165, 1.54) is 0 Å². The Bertz CT molecular complexity index is 760. The number of benzene rings is 2. The van der Waals surface area contributed by atoms with Crippen LogP contribution in [0.3, 0.4) is 0 Å². The Kier molecular flexibility index (Phi) is 8.98. The zero-order valence-corrected chi connectivity index (χ0v) is 16.8. The normalized spacial score (nSPS) is 11.8. The number of hydrogen-bond acceptors (Lipinski definition) is 4. The van der Waals surface area contributed by atoms with Crippen LogP contribution in [0.15, 0.2) is 48.5 Å². The molecule has 0 aliphatic rings. The average molecular weight is 403 g/mol. The minimum atomic E-state index is -0.626. The molecule has 2 aromatic rings. The molecular weight excluding hydrogens is 376 g/mol. The quantitative estimate of drug-likeness (QED) is 0.500. The van der Waals surface area contributed by atoms with Crippen molar-refractivity contribution in [3.8, 4) is 5.75 Å². The summed E-state index contributed by atoms with van der Waals surface area (Å²) in [5.74, 6) is -0.148. The highest BCUT2D eigenvalue weighted by molar-refractivity contribution is 6.30. The molecule has 1 atom stereocenters. The van der Waals surface area contributed by atoms with Gasteiger partial charge in [0.15, 0.2) is 5.78 Å². The molecule has 0 bridgehead atoms. The van der Waals surface area contributed by atoms with Crippen molar-refractivity contribution in [1.29, 1.82) is 0 Å². The maximum atomic E-state index is 12.8. The number of aromatic hydroxyl groups is 1. The van der Waals surface area contributed by atoms with Gasteiger partial charge in [-0.3, -0.25) is 9.59 Å². The van der Waals surface area contributed by atoms with E-state index in [9.17, 15) is 14.7 Å². The van der Waals surface area contributed by atoms with Crippen molar-refractivity contribution in [3.63, 3.8) is 0 Å². The fourth-order valence-electron chi connectivity index (χ4n) is 2.82. The number of carbonyl (C=O) groups is 2. The molecule has 0 aliphatic carbocycles. The summed E-state index contributed by atoms with van der Waals surface area (Å²) in [6.07, 6.45) is 2.54. The highest BCUT2D eigenvalue weighted by Crippen LogP contribution is 2.14. The Balaban J connectivity index is 2.03. The SMILES string of the molecule is CCCNCCCC(=O)[C@H](Cc1ccc(O)cc1)NC(=O)c1ccc(Cl)cc1. The van der Waals surface area contributed by atoms with Gasteiger partial charge >= 0.3 is 0 Å². The molecule has 0 heterocycles. The van der Waals surface area contributed by atoms with Gasteiger partial charge in [0.1, 0.15) is 5.75 Å². The van der Waals surface area contributed by atoms with E-state index in [0.29, 0.717) is 23.4 Å². The summed E-state index contributed by atoms with van der Waals surface area (Å²) in [5.41, 5.74) is 1.33. The first kappa shape index (κ1) is 21.9. The number of phenolic OH excluding ortho intramolecular Hbond substituents is 1. The third kappa shape index (κ3) is 7.33. The molecule has 0 aromatic heterocycles. The van der Waals surface area contributed by atoms with E-state index >= 15 is 0 Å². The van der Waals surface area contributed by atoms with Gasteiger partial charge in [-0.1, -0.05) is 30.7 Å². The van der Waals surface area contributed by atoms with Crippen molar-refractivity contribution in [2.24, 2.45) is 0 Å². The van der Waals surface area contributed by atoms with E-state index in [4.69, 9.17) is 11.6 Å². The first-order valence-corrected chi connectivity index (χ1v) is 9.95. The molecule has 5 nitrogen and oxygen atoms in total. The van der Waals surface area contributed by atoms with Crippen LogP contribution in [0.5, 0.6) is 5.75 Å². The minimum Gasteiger partial charge on any atom is -0.508 e. The number of halogens is 1. The van der Waals surface area contributed by atoms with E-state index in [1.54, 1.807) is 48.5 Å². The molecule has 0 fully saturated rings. The Morgan fingerprint density at radius 3 is 2.36 bits per heavy atom. The van der Waals surface area contributed by atoms with Gasteiger partial charge in [0.05, 0.1) is 6.04 Å². The van der Waals surface area contributed by atoms with Gasteiger partial charge in [-0.05, 0) is 74.3 Å². The standard InChI is InChI=1S/C22H27ClN2O3/c1-2-13-24-14-3-4-21(27)20(15-16-5-11-19(26)12-6-16)25-22(28)17-7-9-18(23)10-8-17/h5-12,20,24,26H,2-4,13-15H2,1H3,(H,25,28)/t20-/m0/s1. The van der Waals surface area contributed by atoms with Crippen LogP contribution in [0.4, 0.5) is 0 Å². The summed E-state index contributed by atoms with van der Waals surface area (Å²) in [4.78, 5) is 25.3. The molecule has 2 rings (SSSR count). The van der Waals surface area contributed by atoms with Crippen molar-refractivity contribution in [2.75, 3.05) is 13.1 Å². The zero-order valence-electron chi connectivity index (χ0n) is 16.1. The van der Waals surface area contributed by atoms with Gasteiger partial charge in [0.2, 0.25) is 0 Å². The largest absolute Gasteiger partial charge is 0.508 e. The molecule has 6 heteroatoms. The number of phenols is 1. The summed E-state index contributed by atoms with van der Waals surface area (Å²) in [6.45, 7) is 3.80. The second-order valence-electron chi connectivity index (χ2n) is 6.72. The van der Waals surface area contributed by atoms with Crippen molar-refractivity contribution >= 4 is 23.3 Å². The summed E-state index contributed by atoms with van der Waals surface area (Å²) >= 11 is 5.87. The van der Waals surface area contributed by atoms with E-state index < -0.39 is 6.04 Å². The first-order valence-electron chi connectivity index (χ1n) is 9.57. The van der Waals surface area contributed by atoms with E-state index in [2.05, 4.69) is 17.6 Å². The van der Waals surface area contributed by atoms with Gasteiger partial charge in [0, 0.05) is 17.0 Å². The number of Topliss-reactive ketones (excluding diaryl/α,β-unsaturated/α-hetero) is 1. The van der Waals surface area contributed by atoms with Crippen molar-refractivity contribution < 1.29 is 14.7 Å². The van der Waals surface area contributed by atoms with E-state index in [0.717, 1.165) is 31.5 Å². The molecule has 2 aromatic carbocycles. The van der Waals surface area contributed by atoms with Crippen LogP contribution < -0.4 is 10.6 Å². The molecular formula is C22H27ClN2O3. The molecule has 28 heavy (non-hydrogen) atoms. The summed E-state index contributed by atoms with van der Waals surface area (Å²) in [6, 6.07) is 12.6. The predicted molar refractivity (Wildman–Crippen MR) is 112 cm³/mol. The number of rotatable bonds is 11. The molecule has 0 unspecified atom stereocenters. The molecule has 0 saturated carbocycles. The smallest absolute Gasteiger partial charge is 0.251 e. The lowest BCUT2D eigenvalue weighted by atomic mass is 9.99. The van der Waals surface area contributed by atoms with Crippen molar-refractivity contribution in [2.45, 2.75) is 38.6 Å². The molecule has 0 saturated heterocycles. The second-order valence-corrected chi connectivity index (χ2v) is 7.16. The number of carbonyl (C=O) groups excluding carboxylic acids is 2. The van der Waals surface area contributed by atoms with Crippen molar-refractivity contribution in [1.82, 2.24) is 10.6 Å². The predicted octanol–water partition coefficient (Wildman–Crippen LogP) is 3.74. The van der Waals surface area contributed by atoms with Crippen LogP contribution in [-0.2, 0) is 11.2 Å². The number of amides is 1. The third-order valence-electron chi connectivity index (χ3n) is 4.38. The highest BCUT2D eigenvalue weighted by atomic mass is 35.5. The molecule has 0 spiro atoms. The topological polar surface area (TPSA) is 78.4 Å². The Morgan fingerprint density at radius 1 is 1.04 bits per heavy atom. The van der Waals surface area contributed by atoms with E-state index in [1.807, 2.05) is 0 Å². The zero-order chi connectivity index (χ0) is 20.4. The summed E-state index contributed by atoms with van der Waals surface area (Å²) in [7, 11) is 0. The lowest BCUT2D eigenvalue weighted by Crippen LogP contribution is -2.42. The lowest BCUT2D eigenvalue weighted by Gasteiger charge is -2.18. The highest BCUT2D eigenvalue weighted by Gasteiger charge is 2.21. The molecule has 3 N–H and O–H groups in total. The summed E-state index contributed by atoms with van der Waals surface area (Å²) < 4.78 is 0. The fraction of sp³-hybridized carbons (Fsp3) is 0.364.